The second-order valence-electron chi connectivity index (χ2n) is 20.9. The molecule has 0 spiro atoms. The summed E-state index contributed by atoms with van der Waals surface area (Å²) in [6.45, 7) is 25.1. The number of benzene rings is 2. The zero-order valence-electron chi connectivity index (χ0n) is 36.2. The van der Waals surface area contributed by atoms with Gasteiger partial charge in [-0.3, -0.25) is 4.90 Å². The van der Waals surface area contributed by atoms with E-state index < -0.39 is 0 Å². The van der Waals surface area contributed by atoms with Crippen LogP contribution in [0.1, 0.15) is 154 Å². The Morgan fingerprint density at radius 2 is 1.16 bits per heavy atom. The van der Waals surface area contributed by atoms with E-state index in [1.165, 1.54) is 110 Å². The van der Waals surface area contributed by atoms with Gasteiger partial charge in [-0.15, -0.1) is 0 Å². The molecular weight excluding hydrogens is 667 g/mol. The van der Waals surface area contributed by atoms with Gasteiger partial charge in [0, 0.05) is 37.8 Å². The highest BCUT2D eigenvalue weighted by Crippen LogP contribution is 2.48. The summed E-state index contributed by atoms with van der Waals surface area (Å²) in [6, 6.07) is 24.0. The molecule has 8 rings (SSSR count). The topological polar surface area (TPSA) is 9.72 Å². The summed E-state index contributed by atoms with van der Waals surface area (Å²) in [5.74, 6) is 8.73. The largest absolute Gasteiger partial charge is 0.300 e. The summed E-state index contributed by atoms with van der Waals surface area (Å²) in [4.78, 5) is 8.69. The lowest BCUT2D eigenvalue weighted by Crippen LogP contribution is -2.52. The summed E-state index contributed by atoms with van der Waals surface area (Å²) in [7, 11) is 0. The molecule has 0 radical (unpaired) electrons. The van der Waals surface area contributed by atoms with Crippen molar-refractivity contribution in [1.29, 1.82) is 0 Å². The van der Waals surface area contributed by atoms with Gasteiger partial charge in [0.05, 0.1) is 0 Å². The summed E-state index contributed by atoms with van der Waals surface area (Å²) >= 11 is 0. The van der Waals surface area contributed by atoms with Gasteiger partial charge in [-0.2, -0.15) is 0 Å². The molecule has 55 heavy (non-hydrogen) atoms. The average Bonchev–Trinajstić information content (AvgIpc) is 3.14. The van der Waals surface area contributed by atoms with Crippen LogP contribution >= 0.6 is 0 Å². The Hall–Kier alpha value is -1.94. The number of likely N-dealkylation sites (tertiary alicyclic amines) is 3. The molecule has 3 nitrogen and oxygen atoms in total. The molecule has 0 N–H and O–H groups in total. The van der Waals surface area contributed by atoms with Crippen molar-refractivity contribution in [2.75, 3.05) is 39.3 Å². The molecule has 3 saturated heterocycles. The Balaban J connectivity index is 0.811. The Morgan fingerprint density at radius 3 is 1.80 bits per heavy atom. The molecule has 0 amide bonds. The zero-order valence-corrected chi connectivity index (χ0v) is 36.2. The number of piperidine rings is 3. The van der Waals surface area contributed by atoms with Gasteiger partial charge in [0.15, 0.2) is 0 Å². The first-order valence-electron chi connectivity index (χ1n) is 23.7. The third kappa shape index (κ3) is 8.61. The lowest BCUT2D eigenvalue weighted by Gasteiger charge is -2.51. The van der Waals surface area contributed by atoms with Crippen molar-refractivity contribution in [3.63, 3.8) is 0 Å². The fourth-order valence-electron chi connectivity index (χ4n) is 13.1. The molecular formula is C52H79N3. The fourth-order valence-corrected chi connectivity index (χ4v) is 13.1. The van der Waals surface area contributed by atoms with Crippen molar-refractivity contribution in [3.8, 4) is 0 Å². The lowest BCUT2D eigenvalue weighted by molar-refractivity contribution is -0.00574. The molecule has 3 heterocycles. The molecule has 0 aromatic heterocycles. The van der Waals surface area contributed by atoms with Gasteiger partial charge in [0.2, 0.25) is 0 Å². The highest BCUT2D eigenvalue weighted by Gasteiger charge is 2.44. The predicted octanol–water partition coefficient (Wildman–Crippen LogP) is 12.0. The van der Waals surface area contributed by atoms with Gasteiger partial charge in [-0.1, -0.05) is 107 Å². The SMILES string of the molecule is C/C=C(/C)[C@@H]1CN(C2CC(CC(C)[C@H]3CCN(C4CCC4)C[C@H]3C(C)C)C2)CC[C@H]1c1ccc(C2CC(N3CC[C@H](c4ccccc4)[C@H](C(C)C)C3)C2)cc1. The summed E-state index contributed by atoms with van der Waals surface area (Å²) in [6.07, 6.45) is 17.9. The minimum Gasteiger partial charge on any atom is -0.300 e. The summed E-state index contributed by atoms with van der Waals surface area (Å²) in [5, 5.41) is 0. The molecule has 2 aromatic carbocycles. The van der Waals surface area contributed by atoms with E-state index >= 15 is 0 Å². The molecule has 3 heteroatoms. The average molecular weight is 746 g/mol. The smallest absolute Gasteiger partial charge is 0.0107 e. The van der Waals surface area contributed by atoms with Crippen molar-refractivity contribution in [2.24, 2.45) is 47.3 Å². The van der Waals surface area contributed by atoms with Crippen LogP contribution in [-0.4, -0.2) is 72.1 Å². The summed E-state index contributed by atoms with van der Waals surface area (Å²) in [5.41, 5.74) is 6.35. The van der Waals surface area contributed by atoms with Gasteiger partial charge in [-0.05, 0) is 179 Å². The Bertz CT molecular complexity index is 1530. The quantitative estimate of drug-likeness (QED) is 0.200. The second kappa shape index (κ2) is 17.5. The minimum absolute atomic E-state index is 0.649. The molecule has 1 unspecified atom stereocenters. The summed E-state index contributed by atoms with van der Waals surface area (Å²) < 4.78 is 0. The van der Waals surface area contributed by atoms with E-state index in [9.17, 15) is 0 Å². The van der Waals surface area contributed by atoms with Crippen LogP contribution in [0.4, 0.5) is 0 Å². The van der Waals surface area contributed by atoms with Crippen LogP contribution < -0.4 is 0 Å². The lowest BCUT2D eigenvalue weighted by atomic mass is 9.66. The predicted molar refractivity (Wildman–Crippen MR) is 234 cm³/mol. The van der Waals surface area contributed by atoms with Crippen LogP contribution in [0.3, 0.4) is 0 Å². The van der Waals surface area contributed by atoms with Gasteiger partial charge in [0.1, 0.15) is 0 Å². The molecule has 3 aliphatic heterocycles. The maximum Gasteiger partial charge on any atom is 0.0107 e. The van der Waals surface area contributed by atoms with E-state index in [0.29, 0.717) is 17.8 Å². The standard InChI is InChI=1S/C52H79N3/c1-8-37(6)52-34-55(45-28-39(29-45)27-38(7)47-21-24-53(44-15-12-16-44)32-50(47)35(2)3)26-23-49(52)42-19-17-40(18-20-42)43-30-46(31-43)54-25-22-48(51(33-54)36(4)5)41-13-10-9-11-14-41/h8-11,13-14,17-20,35-36,38-39,43-52H,12,15-16,21-34H2,1-7H3/b37-8-/t38?,39?,43?,45?,46?,47-,48-,49+,50+,51+,52+/m1/s1. The molecule has 7 atom stereocenters. The molecule has 2 aromatic rings. The van der Waals surface area contributed by atoms with E-state index in [0.717, 1.165) is 65.5 Å². The van der Waals surface area contributed by atoms with Crippen molar-refractivity contribution in [2.45, 2.75) is 155 Å². The molecule has 6 fully saturated rings. The highest BCUT2D eigenvalue weighted by molar-refractivity contribution is 5.32. The normalized spacial score (nSPS) is 36.3. The Labute approximate surface area is 338 Å². The molecule has 302 valence electrons. The van der Waals surface area contributed by atoms with Crippen molar-refractivity contribution in [1.82, 2.24) is 14.7 Å². The first-order valence-corrected chi connectivity index (χ1v) is 23.7. The van der Waals surface area contributed by atoms with E-state index in [1.807, 2.05) is 0 Å². The van der Waals surface area contributed by atoms with Gasteiger partial charge < -0.3 is 9.80 Å². The third-order valence-electron chi connectivity index (χ3n) is 17.3. The Kier molecular flexibility index (Phi) is 12.7. The molecule has 6 aliphatic rings. The van der Waals surface area contributed by atoms with Crippen LogP contribution in [0.15, 0.2) is 66.2 Å². The molecule has 3 aliphatic carbocycles. The van der Waals surface area contributed by atoms with Gasteiger partial charge >= 0.3 is 0 Å². The first-order chi connectivity index (χ1) is 26.7. The minimum atomic E-state index is 0.649. The maximum absolute atomic E-state index is 2.93. The zero-order chi connectivity index (χ0) is 38.2. The number of hydrogen-bond donors (Lipinski definition) is 0. The number of allylic oxidation sites excluding steroid dienone is 1. The molecule has 0 bridgehead atoms. The van der Waals surface area contributed by atoms with Crippen LogP contribution in [0.5, 0.6) is 0 Å². The highest BCUT2D eigenvalue weighted by atomic mass is 15.2. The number of rotatable bonds is 12. The van der Waals surface area contributed by atoms with Gasteiger partial charge in [-0.25, -0.2) is 0 Å². The Morgan fingerprint density at radius 1 is 0.600 bits per heavy atom. The van der Waals surface area contributed by atoms with E-state index in [2.05, 4.69) is 124 Å². The second-order valence-corrected chi connectivity index (χ2v) is 20.9. The van der Waals surface area contributed by atoms with Crippen molar-refractivity contribution < 1.29 is 0 Å². The van der Waals surface area contributed by atoms with Crippen molar-refractivity contribution >= 4 is 0 Å². The van der Waals surface area contributed by atoms with Crippen LogP contribution in [0.2, 0.25) is 0 Å². The van der Waals surface area contributed by atoms with E-state index in [4.69, 9.17) is 0 Å². The van der Waals surface area contributed by atoms with Crippen LogP contribution in [0.25, 0.3) is 0 Å². The first kappa shape index (κ1) is 39.9. The van der Waals surface area contributed by atoms with E-state index in [1.54, 1.807) is 22.3 Å². The van der Waals surface area contributed by atoms with Crippen LogP contribution in [-0.2, 0) is 0 Å². The number of hydrogen-bond acceptors (Lipinski definition) is 3. The number of nitrogens with zero attached hydrogens (tertiary/aromatic N) is 3. The monoisotopic (exact) mass is 746 g/mol. The molecule has 3 saturated carbocycles. The maximum atomic E-state index is 2.93. The third-order valence-corrected chi connectivity index (χ3v) is 17.3. The van der Waals surface area contributed by atoms with Crippen molar-refractivity contribution in [3.05, 3.63) is 82.9 Å². The van der Waals surface area contributed by atoms with Crippen LogP contribution in [0, 0.1) is 47.3 Å². The fraction of sp³-hybridized carbons (Fsp3) is 0.731. The van der Waals surface area contributed by atoms with Gasteiger partial charge in [0.25, 0.3) is 0 Å². The van der Waals surface area contributed by atoms with E-state index in [-0.39, 0.29) is 0 Å².